The molecular weight excluding hydrogens is 420 g/mol. The van der Waals surface area contributed by atoms with E-state index in [0.29, 0.717) is 11.5 Å². The molecule has 164 valence electrons. The van der Waals surface area contributed by atoms with E-state index >= 15 is 0 Å². The van der Waals surface area contributed by atoms with Gasteiger partial charge in [-0.1, -0.05) is 121 Å². The quantitative estimate of drug-likeness (QED) is 0.203. The third kappa shape index (κ3) is 4.74. The number of hydrogen-bond acceptors (Lipinski definition) is 3. The fraction of sp³-hybridized carbons (Fsp3) is 0. The Hall–Kier alpha value is -4.63. The maximum Gasteiger partial charge on any atom is 0.519 e. The van der Waals surface area contributed by atoms with E-state index in [-0.39, 0.29) is 0 Å². The second-order valence-corrected chi connectivity index (χ2v) is 7.76. The number of hydrogen-bond donors (Lipinski definition) is 0. The van der Waals surface area contributed by atoms with Crippen LogP contribution >= 0.6 is 0 Å². The second kappa shape index (κ2) is 9.88. The summed E-state index contributed by atoms with van der Waals surface area (Å²) < 4.78 is 11.4. The van der Waals surface area contributed by atoms with Gasteiger partial charge in [0.25, 0.3) is 0 Å². The Morgan fingerprint density at radius 2 is 0.853 bits per heavy atom. The molecule has 3 nitrogen and oxygen atoms in total. The Balaban J connectivity index is 1.43. The second-order valence-electron chi connectivity index (χ2n) is 7.76. The zero-order chi connectivity index (χ0) is 23.2. The highest BCUT2D eigenvalue weighted by Crippen LogP contribution is 2.39. The van der Waals surface area contributed by atoms with Crippen molar-refractivity contribution in [2.75, 3.05) is 0 Å². The topological polar surface area (TPSA) is 35.5 Å². The highest BCUT2D eigenvalue weighted by atomic mass is 16.7. The van der Waals surface area contributed by atoms with Crippen LogP contribution in [0.4, 0.5) is 4.79 Å². The van der Waals surface area contributed by atoms with Crippen LogP contribution < -0.4 is 9.47 Å². The fourth-order valence-electron chi connectivity index (χ4n) is 3.88. The van der Waals surface area contributed by atoms with Crippen molar-refractivity contribution >= 4 is 6.16 Å². The lowest BCUT2D eigenvalue weighted by atomic mass is 9.97. The minimum Gasteiger partial charge on any atom is -0.395 e. The molecule has 0 radical (unpaired) electrons. The van der Waals surface area contributed by atoms with E-state index in [0.717, 1.165) is 33.4 Å². The summed E-state index contributed by atoms with van der Waals surface area (Å²) in [6.07, 6.45) is -0.784. The molecule has 0 saturated carbocycles. The number of carbonyl (C=O) groups is 1. The van der Waals surface area contributed by atoms with Crippen LogP contribution in [-0.4, -0.2) is 6.16 Å². The molecule has 5 rings (SSSR count). The van der Waals surface area contributed by atoms with Crippen molar-refractivity contribution in [3.8, 4) is 44.9 Å². The molecule has 5 aromatic carbocycles. The van der Waals surface area contributed by atoms with Gasteiger partial charge >= 0.3 is 6.16 Å². The summed E-state index contributed by atoms with van der Waals surface area (Å²) in [6, 6.07) is 43.0. The summed E-state index contributed by atoms with van der Waals surface area (Å²) in [4.78, 5) is 12.9. The van der Waals surface area contributed by atoms with Crippen molar-refractivity contribution in [1.82, 2.24) is 0 Å². The van der Waals surface area contributed by atoms with Crippen molar-refractivity contribution in [3.63, 3.8) is 0 Å². The van der Waals surface area contributed by atoms with E-state index in [2.05, 4.69) is 0 Å². The van der Waals surface area contributed by atoms with Gasteiger partial charge in [-0.15, -0.1) is 0 Å². The molecule has 5 aromatic rings. The smallest absolute Gasteiger partial charge is 0.395 e. The number of rotatable bonds is 5. The summed E-state index contributed by atoms with van der Waals surface area (Å²) >= 11 is 0. The third-order valence-electron chi connectivity index (χ3n) is 5.53. The van der Waals surface area contributed by atoms with Gasteiger partial charge < -0.3 is 9.47 Å². The molecule has 0 aliphatic carbocycles. The van der Waals surface area contributed by atoms with Crippen LogP contribution in [0.2, 0.25) is 0 Å². The van der Waals surface area contributed by atoms with Crippen LogP contribution in [0.1, 0.15) is 0 Å². The fourth-order valence-corrected chi connectivity index (χ4v) is 3.88. The maximum absolute atomic E-state index is 12.9. The largest absolute Gasteiger partial charge is 0.519 e. The molecule has 0 spiro atoms. The van der Waals surface area contributed by atoms with Gasteiger partial charge in [-0.2, -0.15) is 0 Å². The van der Waals surface area contributed by atoms with E-state index in [1.165, 1.54) is 0 Å². The standard InChI is InChI=1S/C31H22O3/c32-31(33-27-21-19-24(20-22-27)23-11-4-1-5-12-23)34-30-28(25-13-6-2-7-14-25)17-10-18-29(30)26-15-8-3-9-16-26/h1-22H. The Labute approximate surface area is 198 Å². The highest BCUT2D eigenvalue weighted by Gasteiger charge is 2.18. The van der Waals surface area contributed by atoms with Gasteiger partial charge in [0.05, 0.1) is 0 Å². The first kappa shape index (κ1) is 21.2. The first-order valence-corrected chi connectivity index (χ1v) is 11.1. The van der Waals surface area contributed by atoms with E-state index in [1.54, 1.807) is 12.1 Å². The zero-order valence-corrected chi connectivity index (χ0v) is 18.4. The molecule has 3 heteroatoms. The molecule has 0 N–H and O–H groups in total. The van der Waals surface area contributed by atoms with Crippen LogP contribution in [0.5, 0.6) is 11.5 Å². The Kier molecular flexibility index (Phi) is 6.17. The van der Waals surface area contributed by atoms with Gasteiger partial charge in [-0.3, -0.25) is 0 Å². The zero-order valence-electron chi connectivity index (χ0n) is 18.4. The number of carbonyl (C=O) groups excluding carboxylic acids is 1. The minimum atomic E-state index is -0.784. The van der Waals surface area contributed by atoms with Crippen molar-refractivity contribution < 1.29 is 14.3 Å². The predicted molar refractivity (Wildman–Crippen MR) is 136 cm³/mol. The number of ether oxygens (including phenoxy) is 2. The first-order valence-electron chi connectivity index (χ1n) is 11.1. The molecule has 0 atom stereocenters. The molecular formula is C31H22O3. The first-order chi connectivity index (χ1) is 16.8. The van der Waals surface area contributed by atoms with Crippen LogP contribution in [0.25, 0.3) is 33.4 Å². The predicted octanol–water partition coefficient (Wildman–Crippen LogP) is 8.27. The van der Waals surface area contributed by atoms with Crippen molar-refractivity contribution in [2.24, 2.45) is 0 Å². The molecule has 0 amide bonds. The van der Waals surface area contributed by atoms with Gasteiger partial charge in [0.2, 0.25) is 0 Å². The molecule has 0 aliphatic rings. The number of para-hydroxylation sites is 1. The Morgan fingerprint density at radius 1 is 0.412 bits per heavy atom. The van der Waals surface area contributed by atoms with E-state index in [4.69, 9.17) is 9.47 Å². The molecule has 0 aromatic heterocycles. The van der Waals surface area contributed by atoms with Gasteiger partial charge in [0, 0.05) is 11.1 Å². The monoisotopic (exact) mass is 442 g/mol. The van der Waals surface area contributed by atoms with Crippen LogP contribution in [0, 0.1) is 0 Å². The molecule has 0 unspecified atom stereocenters. The summed E-state index contributed by atoms with van der Waals surface area (Å²) in [5.41, 5.74) is 5.69. The van der Waals surface area contributed by atoms with E-state index < -0.39 is 6.16 Å². The summed E-state index contributed by atoms with van der Waals surface area (Å²) in [7, 11) is 0. The number of benzene rings is 5. The van der Waals surface area contributed by atoms with Gasteiger partial charge in [0.15, 0.2) is 0 Å². The van der Waals surface area contributed by atoms with E-state index in [1.807, 2.05) is 121 Å². The lowest BCUT2D eigenvalue weighted by Crippen LogP contribution is -2.15. The van der Waals surface area contributed by atoms with Crippen LogP contribution in [0.3, 0.4) is 0 Å². The van der Waals surface area contributed by atoms with E-state index in [9.17, 15) is 4.79 Å². The van der Waals surface area contributed by atoms with Gasteiger partial charge in [-0.05, 0) is 34.4 Å². The minimum absolute atomic E-state index is 0.420. The van der Waals surface area contributed by atoms with Crippen LogP contribution in [0.15, 0.2) is 133 Å². The molecule has 34 heavy (non-hydrogen) atoms. The normalized spacial score (nSPS) is 10.5. The summed E-state index contributed by atoms with van der Waals surface area (Å²) in [5.74, 6) is 0.883. The average molecular weight is 443 g/mol. The third-order valence-corrected chi connectivity index (χ3v) is 5.53. The van der Waals surface area contributed by atoms with Crippen molar-refractivity contribution in [2.45, 2.75) is 0 Å². The lowest BCUT2D eigenvalue weighted by molar-refractivity contribution is 0.152. The summed E-state index contributed by atoms with van der Waals surface area (Å²) in [6.45, 7) is 0. The summed E-state index contributed by atoms with van der Waals surface area (Å²) in [5, 5.41) is 0. The highest BCUT2D eigenvalue weighted by molar-refractivity contribution is 5.85. The Bertz CT molecular complexity index is 1320. The molecule has 0 heterocycles. The maximum atomic E-state index is 12.9. The average Bonchev–Trinajstić information content (AvgIpc) is 2.91. The van der Waals surface area contributed by atoms with Crippen molar-refractivity contribution in [1.29, 1.82) is 0 Å². The van der Waals surface area contributed by atoms with Crippen LogP contribution in [-0.2, 0) is 0 Å². The van der Waals surface area contributed by atoms with Crippen molar-refractivity contribution in [3.05, 3.63) is 133 Å². The van der Waals surface area contributed by atoms with Gasteiger partial charge in [0.1, 0.15) is 11.5 Å². The molecule has 0 fully saturated rings. The lowest BCUT2D eigenvalue weighted by Gasteiger charge is -2.15. The Morgan fingerprint density at radius 3 is 1.35 bits per heavy atom. The SMILES string of the molecule is O=C(Oc1ccc(-c2ccccc2)cc1)Oc1c(-c2ccccc2)cccc1-c1ccccc1. The molecule has 0 bridgehead atoms. The van der Waals surface area contributed by atoms with Gasteiger partial charge in [-0.25, -0.2) is 4.79 Å². The molecule has 0 saturated heterocycles. The molecule has 0 aliphatic heterocycles.